The lowest BCUT2D eigenvalue weighted by molar-refractivity contribution is -0.136. The Morgan fingerprint density at radius 2 is 1.84 bits per heavy atom. The number of anilines is 1. The summed E-state index contributed by atoms with van der Waals surface area (Å²) < 4.78 is 28.8. The third-order valence-electron chi connectivity index (χ3n) is 4.48. The third-order valence-corrected chi connectivity index (χ3v) is 6.05. The Morgan fingerprint density at radius 1 is 1.09 bits per heavy atom. The highest BCUT2D eigenvalue weighted by molar-refractivity contribution is 14.1. The van der Waals surface area contributed by atoms with Gasteiger partial charge in [0, 0.05) is 34.1 Å². The normalized spacial score (nSPS) is 10.6. The summed E-state index contributed by atoms with van der Waals surface area (Å²) in [6.07, 6.45) is 1.17. The molecule has 0 aliphatic heterocycles. The molecule has 3 N–H and O–H groups in total. The van der Waals surface area contributed by atoms with Gasteiger partial charge in [-0.3, -0.25) is 14.6 Å². The Morgan fingerprint density at radius 3 is 2.50 bits per heavy atom. The number of carboxylic acid groups (broad SMARTS) is 1. The van der Waals surface area contributed by atoms with Gasteiger partial charge >= 0.3 is 5.97 Å². The van der Waals surface area contributed by atoms with Crippen LogP contribution in [0.25, 0.3) is 11.1 Å². The highest BCUT2D eigenvalue weighted by Crippen LogP contribution is 2.28. The third kappa shape index (κ3) is 6.13. The number of aliphatic carboxylic acids is 1. The van der Waals surface area contributed by atoms with Gasteiger partial charge in [-0.1, -0.05) is 17.7 Å². The van der Waals surface area contributed by atoms with Crippen molar-refractivity contribution in [3.63, 3.8) is 0 Å². The monoisotopic (exact) mass is 571 g/mol. The number of nitrogens with one attached hydrogen (secondary N) is 2. The predicted molar refractivity (Wildman–Crippen MR) is 126 cm³/mol. The van der Waals surface area contributed by atoms with Crippen LogP contribution in [-0.4, -0.2) is 28.5 Å². The molecule has 0 atom stereocenters. The number of halogens is 4. The maximum Gasteiger partial charge on any atom is 0.305 e. The van der Waals surface area contributed by atoms with Crippen molar-refractivity contribution in [3.8, 4) is 11.1 Å². The summed E-state index contributed by atoms with van der Waals surface area (Å²) in [6, 6.07) is 10.6. The maximum absolute atomic E-state index is 14.0. The van der Waals surface area contributed by atoms with Gasteiger partial charge in [0.1, 0.15) is 5.69 Å². The molecule has 0 unspecified atom stereocenters. The predicted octanol–water partition coefficient (Wildman–Crippen LogP) is 5.10. The van der Waals surface area contributed by atoms with Crippen molar-refractivity contribution in [1.29, 1.82) is 0 Å². The Hall–Kier alpha value is -2.79. The van der Waals surface area contributed by atoms with E-state index in [-0.39, 0.29) is 25.2 Å². The Balaban J connectivity index is 1.80. The van der Waals surface area contributed by atoms with Crippen LogP contribution in [0.15, 0.2) is 48.7 Å². The number of carboxylic acids is 1. The molecule has 6 nitrogen and oxygen atoms in total. The van der Waals surface area contributed by atoms with E-state index in [0.717, 1.165) is 21.4 Å². The molecule has 1 amide bonds. The Labute approximate surface area is 201 Å². The number of aromatic nitrogens is 1. The van der Waals surface area contributed by atoms with E-state index in [0.29, 0.717) is 21.7 Å². The molecule has 0 radical (unpaired) electrons. The fraction of sp³-hybridized carbons (Fsp3) is 0.136. The first-order chi connectivity index (χ1) is 15.2. The smallest absolute Gasteiger partial charge is 0.305 e. The van der Waals surface area contributed by atoms with Crippen molar-refractivity contribution in [2.45, 2.75) is 13.0 Å². The maximum atomic E-state index is 14.0. The highest BCUT2D eigenvalue weighted by atomic mass is 127. The van der Waals surface area contributed by atoms with E-state index in [1.54, 1.807) is 12.1 Å². The van der Waals surface area contributed by atoms with Gasteiger partial charge in [0.15, 0.2) is 11.6 Å². The van der Waals surface area contributed by atoms with Crippen LogP contribution in [0.3, 0.4) is 0 Å². The lowest BCUT2D eigenvalue weighted by Crippen LogP contribution is -2.26. The molecule has 32 heavy (non-hydrogen) atoms. The summed E-state index contributed by atoms with van der Waals surface area (Å²) in [7, 11) is 0. The van der Waals surface area contributed by atoms with Crippen LogP contribution >= 0.6 is 34.2 Å². The first kappa shape index (κ1) is 23.9. The first-order valence-electron chi connectivity index (χ1n) is 9.38. The van der Waals surface area contributed by atoms with Crippen LogP contribution < -0.4 is 10.6 Å². The second-order valence-corrected chi connectivity index (χ2v) is 8.31. The minimum atomic E-state index is -1.03. The minimum Gasteiger partial charge on any atom is -0.481 e. The molecule has 1 heterocycles. The van der Waals surface area contributed by atoms with Crippen molar-refractivity contribution in [1.82, 2.24) is 10.3 Å². The molecule has 2 aromatic carbocycles. The van der Waals surface area contributed by atoms with Crippen LogP contribution in [-0.2, 0) is 11.3 Å². The van der Waals surface area contributed by atoms with Crippen molar-refractivity contribution in [3.05, 3.63) is 80.1 Å². The molecular formula is C22H17ClF2IN3O3. The van der Waals surface area contributed by atoms with E-state index in [4.69, 9.17) is 16.7 Å². The molecule has 0 fully saturated rings. The van der Waals surface area contributed by atoms with Crippen LogP contribution in [0.2, 0.25) is 5.02 Å². The second kappa shape index (κ2) is 10.7. The number of pyridine rings is 1. The summed E-state index contributed by atoms with van der Waals surface area (Å²) >= 11 is 8.24. The van der Waals surface area contributed by atoms with E-state index in [1.807, 2.05) is 12.1 Å². The van der Waals surface area contributed by atoms with Gasteiger partial charge in [-0.15, -0.1) is 0 Å². The molecule has 10 heteroatoms. The molecule has 0 spiro atoms. The molecule has 1 aromatic heterocycles. The summed E-state index contributed by atoms with van der Waals surface area (Å²) in [5.41, 5.74) is 2.19. The molecule has 0 bridgehead atoms. The van der Waals surface area contributed by atoms with Crippen LogP contribution in [0, 0.1) is 15.2 Å². The number of nitrogens with zero attached hydrogens (tertiary/aromatic N) is 1. The van der Waals surface area contributed by atoms with Crippen molar-refractivity contribution >= 4 is 51.8 Å². The van der Waals surface area contributed by atoms with Gasteiger partial charge in [-0.2, -0.15) is 0 Å². The highest BCUT2D eigenvalue weighted by Gasteiger charge is 2.14. The number of hydrogen-bond acceptors (Lipinski definition) is 4. The second-order valence-electron chi connectivity index (χ2n) is 6.74. The topological polar surface area (TPSA) is 91.3 Å². The SMILES string of the molecule is O=C(O)CCNC(=O)c1ccc(-c2cc(F)c(F)cc2CNc2ccc(I)c(Cl)c2)cn1. The lowest BCUT2D eigenvalue weighted by atomic mass is 10.00. The zero-order valence-corrected chi connectivity index (χ0v) is 19.4. The summed E-state index contributed by atoms with van der Waals surface area (Å²) in [6.45, 7) is 0.167. The van der Waals surface area contributed by atoms with Crippen LogP contribution in [0.4, 0.5) is 14.5 Å². The van der Waals surface area contributed by atoms with E-state index < -0.39 is 23.5 Å². The largest absolute Gasteiger partial charge is 0.481 e. The van der Waals surface area contributed by atoms with Gasteiger partial charge < -0.3 is 15.7 Å². The Kier molecular flexibility index (Phi) is 7.97. The molecule has 3 rings (SSSR count). The minimum absolute atomic E-state index is 0.0286. The summed E-state index contributed by atoms with van der Waals surface area (Å²) in [5.74, 6) is -3.54. The zero-order chi connectivity index (χ0) is 23.3. The molecule has 0 aliphatic rings. The van der Waals surface area contributed by atoms with Crippen molar-refractivity contribution < 1.29 is 23.5 Å². The standard InChI is InChI=1S/C22H17ClF2IN3O3/c23-16-8-14(2-3-19(16)26)28-11-13-7-17(24)18(25)9-15(13)12-1-4-20(29-10-12)22(32)27-6-5-21(30)31/h1-4,7-10,28H,5-6,11H2,(H,27,32)(H,30,31). The quantitative estimate of drug-likeness (QED) is 0.327. The fourth-order valence-electron chi connectivity index (χ4n) is 2.87. The van der Waals surface area contributed by atoms with Gasteiger partial charge in [-0.05, 0) is 70.1 Å². The first-order valence-corrected chi connectivity index (χ1v) is 10.8. The van der Waals surface area contributed by atoms with E-state index in [2.05, 4.69) is 38.2 Å². The molecule has 0 saturated carbocycles. The van der Waals surface area contributed by atoms with E-state index in [9.17, 15) is 18.4 Å². The molecule has 0 saturated heterocycles. The molecule has 3 aromatic rings. The van der Waals surface area contributed by atoms with Crippen molar-refractivity contribution in [2.75, 3.05) is 11.9 Å². The van der Waals surface area contributed by atoms with E-state index >= 15 is 0 Å². The fourth-order valence-corrected chi connectivity index (χ4v) is 3.38. The molecular weight excluding hydrogens is 555 g/mol. The summed E-state index contributed by atoms with van der Waals surface area (Å²) in [4.78, 5) is 26.7. The zero-order valence-electron chi connectivity index (χ0n) is 16.5. The Bertz CT molecular complexity index is 1160. The number of benzene rings is 2. The summed E-state index contributed by atoms with van der Waals surface area (Å²) in [5, 5.41) is 14.8. The van der Waals surface area contributed by atoms with E-state index in [1.165, 1.54) is 12.3 Å². The average Bonchev–Trinajstić information content (AvgIpc) is 2.76. The van der Waals surface area contributed by atoms with Crippen LogP contribution in [0.1, 0.15) is 22.5 Å². The number of rotatable bonds is 8. The molecule has 0 aliphatic carbocycles. The number of hydrogen-bond donors (Lipinski definition) is 3. The lowest BCUT2D eigenvalue weighted by Gasteiger charge is -2.13. The average molecular weight is 572 g/mol. The molecule has 166 valence electrons. The number of amides is 1. The van der Waals surface area contributed by atoms with Gasteiger partial charge in [-0.25, -0.2) is 8.78 Å². The van der Waals surface area contributed by atoms with Gasteiger partial charge in [0.2, 0.25) is 0 Å². The van der Waals surface area contributed by atoms with Crippen LogP contribution in [0.5, 0.6) is 0 Å². The number of carbonyl (C=O) groups excluding carboxylic acids is 1. The number of carbonyl (C=O) groups is 2. The van der Waals surface area contributed by atoms with Gasteiger partial charge in [0.05, 0.1) is 11.4 Å². The van der Waals surface area contributed by atoms with Gasteiger partial charge in [0.25, 0.3) is 5.91 Å². The van der Waals surface area contributed by atoms with Crippen molar-refractivity contribution in [2.24, 2.45) is 0 Å².